The van der Waals surface area contributed by atoms with Crippen LogP contribution in [-0.2, 0) is 4.79 Å². The molecule has 0 radical (unpaired) electrons. The summed E-state index contributed by atoms with van der Waals surface area (Å²) >= 11 is 0. The number of nitrogens with zero attached hydrogens (tertiary/aromatic N) is 2. The molecule has 0 amide bonds. The van der Waals surface area contributed by atoms with Gasteiger partial charge in [0, 0.05) is 19.5 Å². The van der Waals surface area contributed by atoms with Gasteiger partial charge in [-0.2, -0.15) is 0 Å². The van der Waals surface area contributed by atoms with Crippen molar-refractivity contribution in [2.75, 3.05) is 32.8 Å². The second kappa shape index (κ2) is 24.5. The van der Waals surface area contributed by atoms with Crippen molar-refractivity contribution in [3.8, 4) is 0 Å². The van der Waals surface area contributed by atoms with Gasteiger partial charge < -0.3 is 40.6 Å². The number of aliphatic imine (C=N–C) groups is 1. The molecule has 0 aromatic rings. The number of rotatable bonds is 22. The number of allylic oxidation sites excluding steroid dienone is 2. The molecular formula is C28H54N2O8. The zero-order valence-electron chi connectivity index (χ0n) is 23.3. The number of aliphatic carboxylic acids is 1. The molecule has 10 nitrogen and oxygen atoms in total. The highest BCUT2D eigenvalue weighted by Crippen LogP contribution is 2.13. The van der Waals surface area contributed by atoms with Gasteiger partial charge in [-0.25, -0.2) is 4.79 Å². The zero-order chi connectivity index (χ0) is 28.6. The van der Waals surface area contributed by atoms with Crippen LogP contribution in [0, 0.1) is 0 Å². The second-order valence-corrected chi connectivity index (χ2v) is 9.86. The van der Waals surface area contributed by atoms with E-state index >= 15 is 0 Å². The van der Waals surface area contributed by atoms with Crippen molar-refractivity contribution >= 4 is 11.8 Å². The van der Waals surface area contributed by atoms with Crippen molar-refractivity contribution < 1.29 is 40.5 Å². The largest absolute Gasteiger partial charge is 0.479 e. The molecule has 0 aromatic heterocycles. The zero-order valence-corrected chi connectivity index (χ0v) is 23.3. The first kappa shape index (κ1) is 36.4. The number of hydrogen-bond donors (Lipinski definition) is 7. The van der Waals surface area contributed by atoms with Gasteiger partial charge in [-0.1, -0.05) is 70.4 Å². The third-order valence-electron chi connectivity index (χ3n) is 6.57. The van der Waals surface area contributed by atoms with Gasteiger partial charge in [-0.15, -0.1) is 0 Å². The summed E-state index contributed by atoms with van der Waals surface area (Å²) in [5.41, 5.74) is 0. The van der Waals surface area contributed by atoms with E-state index in [4.69, 9.17) is 35.7 Å². The van der Waals surface area contributed by atoms with Gasteiger partial charge in [0.15, 0.2) is 6.10 Å². The van der Waals surface area contributed by atoms with Crippen LogP contribution >= 0.6 is 0 Å². The SMILES string of the molecule is CCCCCCCC/C=C\CCCCCCCC1=NCCN1CCO.O=C(O)[C@H](O)[C@@H](O)[C@H](O)[C@H](O)CO. The fourth-order valence-electron chi connectivity index (χ4n) is 4.15. The minimum absolute atomic E-state index is 0.241. The second-order valence-electron chi connectivity index (χ2n) is 9.86. The molecule has 0 fully saturated rings. The molecule has 1 rings (SSSR count). The van der Waals surface area contributed by atoms with Gasteiger partial charge in [-0.05, 0) is 32.1 Å². The van der Waals surface area contributed by atoms with E-state index in [1.807, 2.05) is 0 Å². The van der Waals surface area contributed by atoms with Crippen molar-refractivity contribution in [2.45, 2.75) is 121 Å². The van der Waals surface area contributed by atoms with E-state index in [0.717, 1.165) is 26.1 Å². The molecule has 0 aromatic carbocycles. The number of carboxylic acids is 1. The van der Waals surface area contributed by atoms with Crippen molar-refractivity contribution in [3.05, 3.63) is 12.2 Å². The lowest BCUT2D eigenvalue weighted by atomic mass is 10.0. The van der Waals surface area contributed by atoms with Crippen LogP contribution in [0.25, 0.3) is 0 Å². The minimum atomic E-state index is -2.20. The highest BCUT2D eigenvalue weighted by molar-refractivity contribution is 5.83. The summed E-state index contributed by atoms with van der Waals surface area (Å²) in [4.78, 5) is 16.9. The number of aliphatic hydroxyl groups excluding tert-OH is 6. The predicted molar refractivity (Wildman–Crippen MR) is 149 cm³/mol. The Morgan fingerprint density at radius 2 is 1.42 bits per heavy atom. The van der Waals surface area contributed by atoms with Crippen LogP contribution in [0.2, 0.25) is 0 Å². The number of β-amino-alcohol motifs (C(OH)–C–C–N with tert-alkyl or cyclic N) is 1. The molecule has 7 N–H and O–H groups in total. The highest BCUT2D eigenvalue weighted by atomic mass is 16.4. The molecule has 1 aliphatic rings. The van der Waals surface area contributed by atoms with E-state index in [0.29, 0.717) is 0 Å². The molecule has 0 saturated carbocycles. The Kier molecular flexibility index (Phi) is 23.5. The fraction of sp³-hybridized carbons (Fsp3) is 0.857. The Morgan fingerprint density at radius 3 is 1.95 bits per heavy atom. The molecule has 10 heteroatoms. The molecular weight excluding hydrogens is 492 g/mol. The van der Waals surface area contributed by atoms with Crippen molar-refractivity contribution in [3.63, 3.8) is 0 Å². The summed E-state index contributed by atoms with van der Waals surface area (Å²) in [6, 6.07) is 0. The normalized spacial score (nSPS) is 16.6. The molecule has 0 aliphatic carbocycles. The highest BCUT2D eigenvalue weighted by Gasteiger charge is 2.33. The van der Waals surface area contributed by atoms with Gasteiger partial charge >= 0.3 is 5.97 Å². The number of aliphatic hydroxyl groups is 6. The Labute approximate surface area is 228 Å². The molecule has 0 saturated heterocycles. The van der Waals surface area contributed by atoms with Crippen molar-refractivity contribution in [1.82, 2.24) is 4.90 Å². The smallest absolute Gasteiger partial charge is 0.335 e. The molecule has 1 heterocycles. The standard InChI is InChI=1S/C22H42N2O.C6H12O7/c1-2-3-4-5-6-7-8-9-10-11-12-13-14-15-16-17-22-23-18-19-24(22)20-21-25;7-1-2(8)3(9)4(10)5(11)6(12)13/h9-10,25H,2-8,11-21H2,1H3;2-5,7-11H,1H2,(H,12,13)/b10-9-;/t;2-,3-,4+,5-/m.1/s1. The monoisotopic (exact) mass is 546 g/mol. The summed E-state index contributed by atoms with van der Waals surface area (Å²) < 4.78 is 0. The van der Waals surface area contributed by atoms with E-state index in [1.165, 1.54) is 89.3 Å². The number of amidine groups is 1. The molecule has 0 bridgehead atoms. The predicted octanol–water partition coefficient (Wildman–Crippen LogP) is 2.24. The average molecular weight is 547 g/mol. The molecule has 224 valence electrons. The topological polar surface area (TPSA) is 174 Å². The van der Waals surface area contributed by atoms with Crippen molar-refractivity contribution in [1.29, 1.82) is 0 Å². The Balaban J connectivity index is 0.000000889. The van der Waals surface area contributed by atoms with Gasteiger partial charge in [0.1, 0.15) is 18.3 Å². The van der Waals surface area contributed by atoms with Gasteiger partial charge in [0.05, 0.1) is 25.6 Å². The Bertz CT molecular complexity index is 632. The first-order chi connectivity index (χ1) is 18.3. The number of unbranched alkanes of at least 4 members (excludes halogenated alkanes) is 11. The van der Waals surface area contributed by atoms with E-state index < -0.39 is 37.0 Å². The van der Waals surface area contributed by atoms with Gasteiger partial charge in [0.2, 0.25) is 0 Å². The molecule has 4 atom stereocenters. The first-order valence-electron chi connectivity index (χ1n) is 14.4. The minimum Gasteiger partial charge on any atom is -0.479 e. The summed E-state index contributed by atoms with van der Waals surface area (Å²) in [6.07, 6.45) is 15.6. The van der Waals surface area contributed by atoms with Crippen LogP contribution in [0.5, 0.6) is 0 Å². The van der Waals surface area contributed by atoms with E-state index in [1.54, 1.807) is 0 Å². The summed E-state index contributed by atoms with van der Waals surface area (Å²) in [7, 11) is 0. The summed E-state index contributed by atoms with van der Waals surface area (Å²) in [6.45, 7) is 4.35. The first-order valence-corrected chi connectivity index (χ1v) is 14.4. The lowest BCUT2D eigenvalue weighted by molar-refractivity contribution is -0.164. The number of carbonyl (C=O) groups is 1. The Morgan fingerprint density at radius 1 is 0.868 bits per heavy atom. The lowest BCUT2D eigenvalue weighted by Crippen LogP contribution is -2.48. The maximum Gasteiger partial charge on any atom is 0.335 e. The Hall–Kier alpha value is -1.56. The molecule has 38 heavy (non-hydrogen) atoms. The van der Waals surface area contributed by atoms with Crippen LogP contribution in [-0.4, -0.2) is 110 Å². The maximum atomic E-state index is 10.1. The summed E-state index contributed by atoms with van der Waals surface area (Å²) in [5.74, 6) is -0.497. The van der Waals surface area contributed by atoms with E-state index in [9.17, 15) is 4.79 Å². The third kappa shape index (κ3) is 17.9. The fourth-order valence-corrected chi connectivity index (χ4v) is 4.15. The van der Waals surface area contributed by atoms with Gasteiger partial charge in [-0.3, -0.25) is 4.99 Å². The lowest BCUT2D eigenvalue weighted by Gasteiger charge is -2.23. The van der Waals surface area contributed by atoms with Crippen LogP contribution in [0.4, 0.5) is 0 Å². The van der Waals surface area contributed by atoms with Crippen molar-refractivity contribution in [2.24, 2.45) is 4.99 Å². The number of hydrogen-bond acceptors (Lipinski definition) is 9. The van der Waals surface area contributed by atoms with Crippen LogP contribution < -0.4 is 0 Å². The molecule has 1 aliphatic heterocycles. The van der Waals surface area contributed by atoms with Crippen LogP contribution in [0.1, 0.15) is 96.8 Å². The molecule has 0 unspecified atom stereocenters. The maximum absolute atomic E-state index is 10.1. The third-order valence-corrected chi connectivity index (χ3v) is 6.57. The van der Waals surface area contributed by atoms with E-state index in [2.05, 4.69) is 29.0 Å². The number of carboxylic acid groups (broad SMARTS) is 1. The average Bonchev–Trinajstić information content (AvgIpc) is 3.36. The van der Waals surface area contributed by atoms with Gasteiger partial charge in [0.25, 0.3) is 0 Å². The van der Waals surface area contributed by atoms with E-state index in [-0.39, 0.29) is 6.61 Å². The van der Waals surface area contributed by atoms with Crippen LogP contribution in [0.15, 0.2) is 17.1 Å². The molecule has 0 spiro atoms. The summed E-state index contributed by atoms with van der Waals surface area (Å²) in [5, 5.41) is 60.9. The van der Waals surface area contributed by atoms with Crippen LogP contribution in [0.3, 0.4) is 0 Å². The quantitative estimate of drug-likeness (QED) is 0.0793.